The number of hydrogen-bond acceptors (Lipinski definition) is 3. The first kappa shape index (κ1) is 18.3. The van der Waals surface area contributed by atoms with Crippen LogP contribution in [0, 0.1) is 17.7 Å². The fourth-order valence-electron chi connectivity index (χ4n) is 3.86. The van der Waals surface area contributed by atoms with Gasteiger partial charge in [0.2, 0.25) is 15.9 Å². The van der Waals surface area contributed by atoms with E-state index in [1.165, 1.54) is 28.6 Å². The van der Waals surface area contributed by atoms with Gasteiger partial charge in [0.05, 0.1) is 4.90 Å². The number of amides is 1. The third-order valence-electron chi connectivity index (χ3n) is 5.09. The van der Waals surface area contributed by atoms with E-state index in [2.05, 4.69) is 0 Å². The van der Waals surface area contributed by atoms with E-state index >= 15 is 0 Å². The first-order chi connectivity index (χ1) is 11.8. The molecule has 0 unspecified atom stereocenters. The Morgan fingerprint density at radius 2 is 1.92 bits per heavy atom. The van der Waals surface area contributed by atoms with E-state index in [-0.39, 0.29) is 28.7 Å². The summed E-state index contributed by atoms with van der Waals surface area (Å²) in [5.41, 5.74) is 0. The first-order valence-corrected chi connectivity index (χ1v) is 10.3. The number of likely N-dealkylation sites (tertiary alicyclic amines) is 1. The maximum atomic E-state index is 13.1. The molecule has 1 aromatic carbocycles. The highest BCUT2D eigenvalue weighted by atomic mass is 32.2. The van der Waals surface area contributed by atoms with Crippen LogP contribution in [-0.2, 0) is 14.8 Å². The van der Waals surface area contributed by atoms with Crippen LogP contribution in [0.4, 0.5) is 4.39 Å². The van der Waals surface area contributed by atoms with E-state index < -0.39 is 15.8 Å². The number of benzene rings is 1. The molecule has 0 saturated carbocycles. The largest absolute Gasteiger partial charge is 0.341 e. The van der Waals surface area contributed by atoms with E-state index in [1.54, 1.807) is 0 Å². The van der Waals surface area contributed by atoms with Gasteiger partial charge in [-0.3, -0.25) is 4.79 Å². The lowest BCUT2D eigenvalue weighted by Gasteiger charge is -2.35. The van der Waals surface area contributed by atoms with Crippen LogP contribution in [0.15, 0.2) is 29.2 Å². The van der Waals surface area contributed by atoms with Gasteiger partial charge >= 0.3 is 0 Å². The minimum atomic E-state index is -3.68. The third kappa shape index (κ3) is 3.72. The van der Waals surface area contributed by atoms with Gasteiger partial charge in [-0.25, -0.2) is 12.8 Å². The Labute approximate surface area is 148 Å². The van der Waals surface area contributed by atoms with Crippen molar-refractivity contribution in [1.82, 2.24) is 9.21 Å². The topological polar surface area (TPSA) is 57.7 Å². The van der Waals surface area contributed by atoms with Crippen molar-refractivity contribution in [3.63, 3.8) is 0 Å². The second kappa shape index (κ2) is 7.03. The normalized spacial score (nSPS) is 24.6. The van der Waals surface area contributed by atoms with Gasteiger partial charge in [0.25, 0.3) is 0 Å². The summed E-state index contributed by atoms with van der Waals surface area (Å²) in [6.07, 6.45) is 2.21. The molecular formula is C18H25FN2O3S. The van der Waals surface area contributed by atoms with Crippen LogP contribution in [0.3, 0.4) is 0 Å². The molecule has 0 aliphatic carbocycles. The predicted octanol–water partition coefficient (Wildman–Crippen LogP) is 2.48. The van der Waals surface area contributed by atoms with Crippen LogP contribution < -0.4 is 0 Å². The minimum Gasteiger partial charge on any atom is -0.341 e. The third-order valence-corrected chi connectivity index (χ3v) is 7.02. The summed E-state index contributed by atoms with van der Waals surface area (Å²) in [5, 5.41) is 0. The molecule has 3 rings (SSSR count). The highest BCUT2D eigenvalue weighted by Gasteiger charge is 2.45. The van der Waals surface area contributed by atoms with Gasteiger partial charge in [-0.1, -0.05) is 13.8 Å². The van der Waals surface area contributed by atoms with Crippen LogP contribution >= 0.6 is 0 Å². The van der Waals surface area contributed by atoms with Gasteiger partial charge in [-0.15, -0.1) is 0 Å². The fraction of sp³-hybridized carbons (Fsp3) is 0.611. The molecule has 1 amide bonds. The SMILES string of the molecule is CC(C)CC(=O)N1C[C@H]2CCCN(S(=O)(=O)c3ccc(F)cc3)[C@H]2C1. The lowest BCUT2D eigenvalue weighted by molar-refractivity contribution is -0.131. The molecule has 2 atom stereocenters. The van der Waals surface area contributed by atoms with E-state index in [1.807, 2.05) is 18.7 Å². The second-order valence-corrected chi connectivity index (χ2v) is 9.33. The molecule has 7 heteroatoms. The molecule has 0 radical (unpaired) electrons. The van der Waals surface area contributed by atoms with Crippen molar-refractivity contribution in [3.05, 3.63) is 30.1 Å². The summed E-state index contributed by atoms with van der Waals surface area (Å²) in [6.45, 7) is 5.55. The lowest BCUT2D eigenvalue weighted by Crippen LogP contribution is -2.48. The Hall–Kier alpha value is -1.47. The van der Waals surface area contributed by atoms with Crippen molar-refractivity contribution >= 4 is 15.9 Å². The van der Waals surface area contributed by atoms with Crippen molar-refractivity contribution in [2.75, 3.05) is 19.6 Å². The maximum absolute atomic E-state index is 13.1. The van der Waals surface area contributed by atoms with Crippen molar-refractivity contribution < 1.29 is 17.6 Å². The van der Waals surface area contributed by atoms with Crippen LogP contribution in [0.25, 0.3) is 0 Å². The first-order valence-electron chi connectivity index (χ1n) is 8.84. The maximum Gasteiger partial charge on any atom is 0.243 e. The molecule has 2 aliphatic rings. The Morgan fingerprint density at radius 1 is 1.24 bits per heavy atom. The number of nitrogens with zero attached hydrogens (tertiary/aromatic N) is 2. The monoisotopic (exact) mass is 368 g/mol. The number of carbonyl (C=O) groups is 1. The molecular weight excluding hydrogens is 343 g/mol. The highest BCUT2D eigenvalue weighted by molar-refractivity contribution is 7.89. The van der Waals surface area contributed by atoms with E-state index in [4.69, 9.17) is 0 Å². The van der Waals surface area contributed by atoms with E-state index in [0.29, 0.717) is 26.1 Å². The average molecular weight is 368 g/mol. The van der Waals surface area contributed by atoms with Crippen LogP contribution in [0.1, 0.15) is 33.1 Å². The summed E-state index contributed by atoms with van der Waals surface area (Å²) < 4.78 is 40.6. The fourth-order valence-corrected chi connectivity index (χ4v) is 5.58. The number of piperidine rings is 1. The molecule has 0 aromatic heterocycles. The molecule has 2 aliphatic heterocycles. The summed E-state index contributed by atoms with van der Waals surface area (Å²) in [4.78, 5) is 14.3. The molecule has 1 aromatic rings. The number of rotatable bonds is 4. The molecule has 25 heavy (non-hydrogen) atoms. The zero-order valence-electron chi connectivity index (χ0n) is 14.7. The second-order valence-electron chi connectivity index (χ2n) is 7.44. The van der Waals surface area contributed by atoms with Crippen molar-refractivity contribution in [2.45, 2.75) is 44.0 Å². The Balaban J connectivity index is 1.81. The van der Waals surface area contributed by atoms with Crippen molar-refractivity contribution in [3.8, 4) is 0 Å². The molecule has 2 fully saturated rings. The standard InChI is InChI=1S/C18H25FN2O3S/c1-13(2)10-18(22)20-11-14-4-3-9-21(17(14)12-20)25(23,24)16-7-5-15(19)6-8-16/h5-8,13-14,17H,3-4,9-12H2,1-2H3/t14-,17+/m1/s1. The zero-order chi connectivity index (χ0) is 18.2. The Bertz CT molecular complexity index is 733. The molecule has 2 heterocycles. The molecule has 5 nitrogen and oxygen atoms in total. The highest BCUT2D eigenvalue weighted by Crippen LogP contribution is 2.34. The molecule has 2 saturated heterocycles. The zero-order valence-corrected chi connectivity index (χ0v) is 15.5. The minimum absolute atomic E-state index is 0.100. The smallest absolute Gasteiger partial charge is 0.243 e. The van der Waals surface area contributed by atoms with Gasteiger partial charge in [0.1, 0.15) is 5.82 Å². The van der Waals surface area contributed by atoms with Gasteiger partial charge in [0.15, 0.2) is 0 Å². The average Bonchev–Trinajstić information content (AvgIpc) is 2.98. The summed E-state index contributed by atoms with van der Waals surface area (Å²) >= 11 is 0. The quantitative estimate of drug-likeness (QED) is 0.820. The van der Waals surface area contributed by atoms with Crippen LogP contribution in [0.2, 0.25) is 0 Å². The van der Waals surface area contributed by atoms with E-state index in [0.717, 1.165) is 12.8 Å². The van der Waals surface area contributed by atoms with Crippen LogP contribution in [-0.4, -0.2) is 49.2 Å². The van der Waals surface area contributed by atoms with Gasteiger partial charge in [0, 0.05) is 32.1 Å². The predicted molar refractivity (Wildman–Crippen MR) is 92.8 cm³/mol. The number of hydrogen-bond donors (Lipinski definition) is 0. The van der Waals surface area contributed by atoms with Crippen molar-refractivity contribution in [2.24, 2.45) is 11.8 Å². The van der Waals surface area contributed by atoms with Gasteiger partial charge in [-0.2, -0.15) is 4.31 Å². The number of fused-ring (bicyclic) bond motifs is 1. The Kier molecular flexibility index (Phi) is 5.16. The Morgan fingerprint density at radius 3 is 2.56 bits per heavy atom. The summed E-state index contributed by atoms with van der Waals surface area (Å²) in [6, 6.07) is 4.78. The lowest BCUT2D eigenvalue weighted by atomic mass is 9.94. The molecule has 0 N–H and O–H groups in total. The number of sulfonamides is 1. The molecule has 138 valence electrons. The number of carbonyl (C=O) groups excluding carboxylic acids is 1. The molecule has 0 spiro atoms. The summed E-state index contributed by atoms with van der Waals surface area (Å²) in [7, 11) is -3.68. The summed E-state index contributed by atoms with van der Waals surface area (Å²) in [5.74, 6) is 0.111. The van der Waals surface area contributed by atoms with Gasteiger partial charge in [-0.05, 0) is 48.9 Å². The number of halogens is 1. The van der Waals surface area contributed by atoms with Crippen molar-refractivity contribution in [1.29, 1.82) is 0 Å². The van der Waals surface area contributed by atoms with Gasteiger partial charge < -0.3 is 4.90 Å². The van der Waals surface area contributed by atoms with E-state index in [9.17, 15) is 17.6 Å². The van der Waals surface area contributed by atoms with Crippen LogP contribution in [0.5, 0.6) is 0 Å². The molecule has 0 bridgehead atoms.